The minimum absolute atomic E-state index is 0.422. The summed E-state index contributed by atoms with van der Waals surface area (Å²) in [5.41, 5.74) is 2.14. The summed E-state index contributed by atoms with van der Waals surface area (Å²) in [6.07, 6.45) is 4.50. The highest BCUT2D eigenvalue weighted by Crippen LogP contribution is 2.27. The van der Waals surface area contributed by atoms with Gasteiger partial charge in [-0.15, -0.1) is 11.3 Å². The molecule has 27 heavy (non-hydrogen) atoms. The number of morpholine rings is 1. The van der Waals surface area contributed by atoms with Crippen molar-refractivity contribution in [3.8, 4) is 0 Å². The maximum Gasteiger partial charge on any atom is 0.156 e. The van der Waals surface area contributed by atoms with Gasteiger partial charge in [-0.1, -0.05) is 6.07 Å². The lowest BCUT2D eigenvalue weighted by atomic mass is 9.97. The molecule has 0 spiro atoms. The van der Waals surface area contributed by atoms with Gasteiger partial charge in [-0.3, -0.25) is 4.90 Å². The molecule has 0 radical (unpaired) electrons. The molecule has 2 aliphatic rings. The van der Waals surface area contributed by atoms with Crippen LogP contribution in [0.5, 0.6) is 0 Å². The molecule has 0 aromatic carbocycles. The number of hydrogen-bond acceptors (Lipinski definition) is 6. The quantitative estimate of drug-likeness (QED) is 0.693. The first-order chi connectivity index (χ1) is 13.3. The number of likely N-dealkylation sites (tertiary alicyclic amines) is 1. The van der Waals surface area contributed by atoms with Crippen LogP contribution in [0.2, 0.25) is 0 Å². The van der Waals surface area contributed by atoms with E-state index in [2.05, 4.69) is 45.6 Å². The van der Waals surface area contributed by atoms with Gasteiger partial charge in [0.15, 0.2) is 11.5 Å². The van der Waals surface area contributed by atoms with Crippen molar-refractivity contribution in [3.63, 3.8) is 0 Å². The summed E-state index contributed by atoms with van der Waals surface area (Å²) in [6.45, 7) is 6.73. The SMILES string of the molecule is c1csc(CN2CCC[C@@H](c3nc4ccc(N5CCOCC5)cn4n3)C2)c1. The maximum atomic E-state index is 5.46. The molecular weight excluding hydrogens is 358 g/mol. The highest BCUT2D eigenvalue weighted by atomic mass is 32.1. The molecule has 0 unspecified atom stereocenters. The fraction of sp³-hybridized carbons (Fsp3) is 0.500. The molecule has 3 aromatic rings. The summed E-state index contributed by atoms with van der Waals surface area (Å²) in [5.74, 6) is 1.41. The van der Waals surface area contributed by atoms with Gasteiger partial charge < -0.3 is 9.64 Å². The van der Waals surface area contributed by atoms with Crippen molar-refractivity contribution in [2.24, 2.45) is 0 Å². The first kappa shape index (κ1) is 17.2. The third-order valence-corrected chi connectivity index (χ3v) is 6.40. The predicted octanol–water partition coefficient (Wildman–Crippen LogP) is 3.01. The van der Waals surface area contributed by atoms with Gasteiger partial charge in [-0.2, -0.15) is 5.10 Å². The van der Waals surface area contributed by atoms with E-state index in [4.69, 9.17) is 14.8 Å². The van der Waals surface area contributed by atoms with E-state index in [1.54, 1.807) is 0 Å². The van der Waals surface area contributed by atoms with E-state index in [0.717, 1.165) is 50.9 Å². The number of fused-ring (bicyclic) bond motifs is 1. The van der Waals surface area contributed by atoms with Gasteiger partial charge in [-0.05, 0) is 43.0 Å². The predicted molar refractivity (Wildman–Crippen MR) is 108 cm³/mol. The van der Waals surface area contributed by atoms with Gasteiger partial charge >= 0.3 is 0 Å². The number of ether oxygens (including phenoxy) is 1. The summed E-state index contributed by atoms with van der Waals surface area (Å²) >= 11 is 1.84. The summed E-state index contributed by atoms with van der Waals surface area (Å²) in [7, 11) is 0. The zero-order chi connectivity index (χ0) is 18.1. The van der Waals surface area contributed by atoms with Crippen molar-refractivity contribution < 1.29 is 4.74 Å². The Morgan fingerprint density at radius 3 is 2.93 bits per heavy atom. The molecule has 5 heterocycles. The molecule has 1 atom stereocenters. The Kier molecular flexibility index (Phi) is 4.82. The Morgan fingerprint density at radius 2 is 2.07 bits per heavy atom. The van der Waals surface area contributed by atoms with E-state index >= 15 is 0 Å². The first-order valence-electron chi connectivity index (χ1n) is 9.79. The van der Waals surface area contributed by atoms with Crippen LogP contribution in [-0.4, -0.2) is 58.9 Å². The number of aromatic nitrogens is 3. The molecule has 3 aromatic heterocycles. The van der Waals surface area contributed by atoms with E-state index in [-0.39, 0.29) is 0 Å². The molecular formula is C20H25N5OS. The number of nitrogens with zero attached hydrogens (tertiary/aromatic N) is 5. The second kappa shape index (κ2) is 7.58. The normalized spacial score (nSPS) is 21.8. The summed E-state index contributed by atoms with van der Waals surface area (Å²) in [4.78, 5) is 11.2. The molecule has 142 valence electrons. The molecule has 2 saturated heterocycles. The topological polar surface area (TPSA) is 45.9 Å². The molecule has 0 aliphatic carbocycles. The van der Waals surface area contributed by atoms with Crippen LogP contribution in [0.3, 0.4) is 0 Å². The number of hydrogen-bond donors (Lipinski definition) is 0. The first-order valence-corrected chi connectivity index (χ1v) is 10.7. The summed E-state index contributed by atoms with van der Waals surface area (Å²) in [6, 6.07) is 8.61. The van der Waals surface area contributed by atoms with E-state index in [9.17, 15) is 0 Å². The highest BCUT2D eigenvalue weighted by Gasteiger charge is 2.25. The number of anilines is 1. The van der Waals surface area contributed by atoms with Crippen molar-refractivity contribution in [2.45, 2.75) is 25.3 Å². The lowest BCUT2D eigenvalue weighted by Gasteiger charge is -2.30. The monoisotopic (exact) mass is 383 g/mol. The zero-order valence-corrected chi connectivity index (χ0v) is 16.3. The van der Waals surface area contributed by atoms with Crippen LogP contribution in [0.25, 0.3) is 5.65 Å². The molecule has 2 aliphatic heterocycles. The van der Waals surface area contributed by atoms with Crippen LogP contribution >= 0.6 is 11.3 Å². The number of pyridine rings is 1. The average molecular weight is 384 g/mol. The third kappa shape index (κ3) is 3.72. The van der Waals surface area contributed by atoms with Crippen molar-refractivity contribution in [3.05, 3.63) is 46.5 Å². The minimum Gasteiger partial charge on any atom is -0.378 e. The standard InChI is InChI=1S/C20H25N5OS/c1-3-16(13-23(7-1)15-18-4-2-12-27-18)20-21-19-6-5-17(14-25(19)22-20)24-8-10-26-11-9-24/h2,4-6,12,14,16H,1,3,7-11,13,15H2/t16-/m1/s1. The molecule has 0 bridgehead atoms. The van der Waals surface area contributed by atoms with Crippen LogP contribution in [-0.2, 0) is 11.3 Å². The van der Waals surface area contributed by atoms with Gasteiger partial charge in [0.25, 0.3) is 0 Å². The largest absolute Gasteiger partial charge is 0.378 e. The number of piperidine rings is 1. The van der Waals surface area contributed by atoms with Gasteiger partial charge in [0.1, 0.15) is 0 Å². The number of thiophene rings is 1. The summed E-state index contributed by atoms with van der Waals surface area (Å²) < 4.78 is 7.42. The zero-order valence-electron chi connectivity index (χ0n) is 15.5. The van der Waals surface area contributed by atoms with Crippen molar-refractivity contribution in [1.82, 2.24) is 19.5 Å². The Balaban J connectivity index is 1.33. The lowest BCUT2D eigenvalue weighted by Crippen LogP contribution is -2.36. The molecule has 2 fully saturated rings. The Morgan fingerprint density at radius 1 is 1.15 bits per heavy atom. The molecule has 7 heteroatoms. The average Bonchev–Trinajstić information content (AvgIpc) is 3.38. The molecule has 0 saturated carbocycles. The van der Waals surface area contributed by atoms with Gasteiger partial charge in [-0.25, -0.2) is 9.50 Å². The Hall–Kier alpha value is -1.96. The van der Waals surface area contributed by atoms with Crippen LogP contribution in [0.4, 0.5) is 5.69 Å². The Labute approximate surface area is 163 Å². The van der Waals surface area contributed by atoms with E-state index < -0.39 is 0 Å². The molecule has 0 N–H and O–H groups in total. The highest BCUT2D eigenvalue weighted by molar-refractivity contribution is 7.09. The molecule has 5 rings (SSSR count). The van der Waals surface area contributed by atoms with Crippen molar-refractivity contribution >= 4 is 22.7 Å². The fourth-order valence-electron chi connectivity index (χ4n) is 4.10. The van der Waals surface area contributed by atoms with E-state index in [0.29, 0.717) is 5.92 Å². The Bertz CT molecular complexity index is 887. The minimum atomic E-state index is 0.422. The van der Waals surface area contributed by atoms with E-state index in [1.807, 2.05) is 15.9 Å². The van der Waals surface area contributed by atoms with Crippen LogP contribution < -0.4 is 4.90 Å². The second-order valence-corrected chi connectivity index (χ2v) is 8.45. The summed E-state index contributed by atoms with van der Waals surface area (Å²) in [5, 5.41) is 7.01. The van der Waals surface area contributed by atoms with Crippen molar-refractivity contribution in [1.29, 1.82) is 0 Å². The van der Waals surface area contributed by atoms with Gasteiger partial charge in [0.05, 0.1) is 25.1 Å². The number of rotatable bonds is 4. The third-order valence-electron chi connectivity index (χ3n) is 5.54. The maximum absolute atomic E-state index is 5.46. The fourth-order valence-corrected chi connectivity index (χ4v) is 4.85. The van der Waals surface area contributed by atoms with Gasteiger partial charge in [0.2, 0.25) is 0 Å². The van der Waals surface area contributed by atoms with Crippen LogP contribution in [0.1, 0.15) is 29.5 Å². The van der Waals surface area contributed by atoms with Gasteiger partial charge in [0, 0.05) is 37.0 Å². The molecule has 0 amide bonds. The van der Waals surface area contributed by atoms with E-state index in [1.165, 1.54) is 30.0 Å². The van der Waals surface area contributed by atoms with Crippen molar-refractivity contribution in [2.75, 3.05) is 44.3 Å². The van der Waals surface area contributed by atoms with Crippen LogP contribution in [0.15, 0.2) is 35.8 Å². The smallest absolute Gasteiger partial charge is 0.156 e. The molecule has 6 nitrogen and oxygen atoms in total. The second-order valence-electron chi connectivity index (χ2n) is 7.41. The van der Waals surface area contributed by atoms with Crippen LogP contribution in [0, 0.1) is 0 Å². The lowest BCUT2D eigenvalue weighted by molar-refractivity contribution is 0.122.